The zero-order chi connectivity index (χ0) is 8.85. The monoisotopic (exact) mass is 162 g/mol. The standard InChI is InChI=1S/C6H10O5/c7-3-4(1-5(8)9)2-6(10)11/h4,7H,1-3H2,(H,8,9)(H,10,11). The smallest absolute Gasteiger partial charge is 0.303 e. The number of carbonyl (C=O) groups is 2. The lowest BCUT2D eigenvalue weighted by molar-refractivity contribution is -0.141. The van der Waals surface area contributed by atoms with Gasteiger partial charge in [0, 0.05) is 12.5 Å². The zero-order valence-electron chi connectivity index (χ0n) is 5.86. The molecule has 11 heavy (non-hydrogen) atoms. The van der Waals surface area contributed by atoms with Crippen molar-refractivity contribution in [2.24, 2.45) is 5.92 Å². The van der Waals surface area contributed by atoms with E-state index in [2.05, 4.69) is 0 Å². The van der Waals surface area contributed by atoms with Crippen LogP contribution in [0.4, 0.5) is 0 Å². The van der Waals surface area contributed by atoms with Crippen LogP contribution in [0.15, 0.2) is 0 Å². The van der Waals surface area contributed by atoms with Crippen LogP contribution in [-0.4, -0.2) is 33.9 Å². The van der Waals surface area contributed by atoms with E-state index in [-0.39, 0.29) is 12.8 Å². The van der Waals surface area contributed by atoms with E-state index in [1.54, 1.807) is 0 Å². The van der Waals surface area contributed by atoms with Crippen molar-refractivity contribution in [1.82, 2.24) is 0 Å². The maximum Gasteiger partial charge on any atom is 0.303 e. The van der Waals surface area contributed by atoms with Crippen molar-refractivity contribution in [3.63, 3.8) is 0 Å². The number of aliphatic carboxylic acids is 2. The summed E-state index contributed by atoms with van der Waals surface area (Å²) in [5.74, 6) is -2.86. The van der Waals surface area contributed by atoms with Crippen molar-refractivity contribution in [1.29, 1.82) is 0 Å². The third-order valence-corrected chi connectivity index (χ3v) is 1.18. The predicted octanol–water partition coefficient (Wildman–Crippen LogP) is -0.456. The molecule has 0 radical (unpaired) electrons. The van der Waals surface area contributed by atoms with Crippen molar-refractivity contribution in [3.8, 4) is 0 Å². The van der Waals surface area contributed by atoms with E-state index in [1.165, 1.54) is 0 Å². The molecule has 0 amide bonds. The Labute approximate surface area is 63.3 Å². The van der Waals surface area contributed by atoms with Gasteiger partial charge in [-0.05, 0) is 0 Å². The number of carboxylic acids is 2. The van der Waals surface area contributed by atoms with Gasteiger partial charge in [0.25, 0.3) is 0 Å². The SMILES string of the molecule is O=C(O)CC(CO)CC(=O)O. The summed E-state index contributed by atoms with van der Waals surface area (Å²) >= 11 is 0. The van der Waals surface area contributed by atoms with Crippen LogP contribution >= 0.6 is 0 Å². The lowest BCUT2D eigenvalue weighted by Crippen LogP contribution is -2.15. The second-order valence-electron chi connectivity index (χ2n) is 2.24. The van der Waals surface area contributed by atoms with Crippen LogP contribution in [0, 0.1) is 5.92 Å². The van der Waals surface area contributed by atoms with Crippen molar-refractivity contribution in [3.05, 3.63) is 0 Å². The molecule has 0 atom stereocenters. The molecule has 0 unspecified atom stereocenters. The normalized spacial score (nSPS) is 10.0. The first kappa shape index (κ1) is 9.90. The van der Waals surface area contributed by atoms with Crippen molar-refractivity contribution in [2.75, 3.05) is 6.61 Å². The number of aliphatic hydroxyl groups is 1. The molecular weight excluding hydrogens is 152 g/mol. The summed E-state index contributed by atoms with van der Waals surface area (Å²) in [4.78, 5) is 20.1. The van der Waals surface area contributed by atoms with Gasteiger partial charge in [-0.15, -0.1) is 0 Å². The molecule has 0 aromatic heterocycles. The van der Waals surface area contributed by atoms with Gasteiger partial charge in [0.1, 0.15) is 0 Å². The van der Waals surface area contributed by atoms with E-state index in [9.17, 15) is 9.59 Å². The van der Waals surface area contributed by atoms with Gasteiger partial charge in [-0.1, -0.05) is 0 Å². The van der Waals surface area contributed by atoms with Crippen molar-refractivity contribution in [2.45, 2.75) is 12.8 Å². The van der Waals surface area contributed by atoms with Crippen LogP contribution in [0.1, 0.15) is 12.8 Å². The van der Waals surface area contributed by atoms with Gasteiger partial charge in [-0.25, -0.2) is 0 Å². The summed E-state index contributed by atoms with van der Waals surface area (Å²) in [6.07, 6.45) is -0.606. The summed E-state index contributed by atoms with van der Waals surface area (Å²) in [5, 5.41) is 24.9. The fourth-order valence-electron chi connectivity index (χ4n) is 0.695. The van der Waals surface area contributed by atoms with E-state index in [4.69, 9.17) is 15.3 Å². The Balaban J connectivity index is 3.76. The van der Waals surface area contributed by atoms with Gasteiger partial charge in [0.15, 0.2) is 0 Å². The molecule has 0 aromatic rings. The van der Waals surface area contributed by atoms with Crippen LogP contribution in [-0.2, 0) is 9.59 Å². The quantitative estimate of drug-likeness (QED) is 0.508. The van der Waals surface area contributed by atoms with Crippen LogP contribution in [0.5, 0.6) is 0 Å². The minimum Gasteiger partial charge on any atom is -0.481 e. The third kappa shape index (κ3) is 5.35. The van der Waals surface area contributed by atoms with Gasteiger partial charge >= 0.3 is 11.9 Å². The van der Waals surface area contributed by atoms with E-state index in [0.717, 1.165) is 0 Å². The van der Waals surface area contributed by atoms with Gasteiger partial charge in [-0.3, -0.25) is 9.59 Å². The fraction of sp³-hybridized carbons (Fsp3) is 0.667. The van der Waals surface area contributed by atoms with Crippen LogP contribution in [0.3, 0.4) is 0 Å². The number of aliphatic hydroxyl groups excluding tert-OH is 1. The molecule has 5 nitrogen and oxygen atoms in total. The first-order chi connectivity index (χ1) is 5.06. The molecule has 0 aliphatic carbocycles. The lowest BCUT2D eigenvalue weighted by Gasteiger charge is -2.06. The van der Waals surface area contributed by atoms with Crippen molar-refractivity contribution >= 4 is 11.9 Å². The van der Waals surface area contributed by atoms with Crippen molar-refractivity contribution < 1.29 is 24.9 Å². The average Bonchev–Trinajstić information content (AvgIpc) is 1.84. The maximum absolute atomic E-state index is 10.0. The van der Waals surface area contributed by atoms with E-state index in [0.29, 0.717) is 0 Å². The Morgan fingerprint density at radius 2 is 1.45 bits per heavy atom. The molecular formula is C6H10O5. The Morgan fingerprint density at radius 3 is 1.64 bits per heavy atom. The molecule has 0 rings (SSSR count). The second-order valence-corrected chi connectivity index (χ2v) is 2.24. The first-order valence-corrected chi connectivity index (χ1v) is 3.10. The van der Waals surface area contributed by atoms with Crippen LogP contribution < -0.4 is 0 Å². The van der Waals surface area contributed by atoms with Gasteiger partial charge in [0.2, 0.25) is 0 Å². The summed E-state index contributed by atoms with van der Waals surface area (Å²) in [6, 6.07) is 0. The highest BCUT2D eigenvalue weighted by atomic mass is 16.4. The molecule has 0 heterocycles. The molecule has 0 spiro atoms. The van der Waals surface area contributed by atoms with Gasteiger partial charge < -0.3 is 15.3 Å². The van der Waals surface area contributed by atoms with Gasteiger partial charge in [0.05, 0.1) is 12.8 Å². The zero-order valence-corrected chi connectivity index (χ0v) is 5.86. The average molecular weight is 162 g/mol. The second kappa shape index (κ2) is 4.68. The number of rotatable bonds is 5. The highest BCUT2D eigenvalue weighted by molar-refractivity contribution is 5.70. The Kier molecular flexibility index (Phi) is 4.21. The maximum atomic E-state index is 10.0. The largest absolute Gasteiger partial charge is 0.481 e. The Morgan fingerprint density at radius 1 is 1.09 bits per heavy atom. The Hall–Kier alpha value is -1.10. The predicted molar refractivity (Wildman–Crippen MR) is 35.1 cm³/mol. The van der Waals surface area contributed by atoms with Crippen LogP contribution in [0.25, 0.3) is 0 Å². The van der Waals surface area contributed by atoms with E-state index in [1.807, 2.05) is 0 Å². The summed E-state index contributed by atoms with van der Waals surface area (Å²) < 4.78 is 0. The summed E-state index contributed by atoms with van der Waals surface area (Å²) in [6.45, 7) is -0.404. The molecule has 5 heteroatoms. The molecule has 0 aromatic carbocycles. The minimum absolute atomic E-state index is 0.303. The van der Waals surface area contributed by atoms with E-state index >= 15 is 0 Å². The fourth-order valence-corrected chi connectivity index (χ4v) is 0.695. The topological polar surface area (TPSA) is 94.8 Å². The lowest BCUT2D eigenvalue weighted by atomic mass is 10.0. The molecule has 0 saturated carbocycles. The molecule has 0 saturated heterocycles. The number of carboxylic acid groups (broad SMARTS) is 2. The molecule has 3 N–H and O–H groups in total. The highest BCUT2D eigenvalue weighted by Crippen LogP contribution is 2.06. The molecule has 64 valence electrons. The van der Waals surface area contributed by atoms with E-state index < -0.39 is 24.5 Å². The molecule has 0 bridgehead atoms. The molecule has 0 fully saturated rings. The Bertz CT molecular complexity index is 137. The van der Waals surface area contributed by atoms with Crippen LogP contribution in [0.2, 0.25) is 0 Å². The third-order valence-electron chi connectivity index (χ3n) is 1.18. The number of hydrogen-bond donors (Lipinski definition) is 3. The summed E-state index contributed by atoms with van der Waals surface area (Å²) in [7, 11) is 0. The molecule has 0 aliphatic rings. The number of hydrogen-bond acceptors (Lipinski definition) is 3. The molecule has 0 aliphatic heterocycles. The first-order valence-electron chi connectivity index (χ1n) is 3.10. The van der Waals surface area contributed by atoms with Gasteiger partial charge in [-0.2, -0.15) is 0 Å². The highest BCUT2D eigenvalue weighted by Gasteiger charge is 2.15. The minimum atomic E-state index is -1.09. The summed E-state index contributed by atoms with van der Waals surface area (Å²) in [5.41, 5.74) is 0.